The summed E-state index contributed by atoms with van der Waals surface area (Å²) in [6, 6.07) is 13.6. The SMILES string of the molecule is CC(C)=C(C)C.Cc1cc(C)c(C)cc1C.Cc1cc2cc(C)c(C)cc2cc1C. The molecule has 0 heterocycles. The zero-order valence-electron chi connectivity index (χ0n) is 21.5. The van der Waals surface area contributed by atoms with Gasteiger partial charge in [0.1, 0.15) is 0 Å². The quantitative estimate of drug-likeness (QED) is 0.328. The molecule has 30 heavy (non-hydrogen) atoms. The fourth-order valence-corrected chi connectivity index (χ4v) is 2.91. The van der Waals surface area contributed by atoms with Crippen LogP contribution in [0.15, 0.2) is 47.5 Å². The van der Waals surface area contributed by atoms with Crippen LogP contribution in [0, 0.1) is 55.4 Å². The Labute approximate surface area is 186 Å². The van der Waals surface area contributed by atoms with Gasteiger partial charge in [-0.3, -0.25) is 0 Å². The van der Waals surface area contributed by atoms with Crippen LogP contribution in [-0.4, -0.2) is 0 Å². The van der Waals surface area contributed by atoms with Crippen molar-refractivity contribution in [3.8, 4) is 0 Å². The molecule has 0 spiro atoms. The van der Waals surface area contributed by atoms with Gasteiger partial charge in [0.15, 0.2) is 0 Å². The first kappa shape index (κ1) is 25.7. The summed E-state index contributed by atoms with van der Waals surface area (Å²) in [6.45, 7) is 25.8. The summed E-state index contributed by atoms with van der Waals surface area (Å²) in [6.07, 6.45) is 0. The molecule has 0 nitrogen and oxygen atoms in total. The van der Waals surface area contributed by atoms with Crippen molar-refractivity contribution >= 4 is 10.8 Å². The number of hydrogen-bond acceptors (Lipinski definition) is 0. The second-order valence-electron chi connectivity index (χ2n) is 9.24. The maximum atomic E-state index is 2.27. The van der Waals surface area contributed by atoms with Crippen molar-refractivity contribution in [2.24, 2.45) is 0 Å². The van der Waals surface area contributed by atoms with E-state index < -0.39 is 0 Å². The first-order chi connectivity index (χ1) is 13.8. The number of aryl methyl sites for hydroxylation is 8. The molecule has 0 bridgehead atoms. The minimum Gasteiger partial charge on any atom is -0.0778 e. The van der Waals surface area contributed by atoms with E-state index in [1.165, 1.54) is 66.4 Å². The van der Waals surface area contributed by atoms with Crippen LogP contribution in [0.3, 0.4) is 0 Å². The van der Waals surface area contributed by atoms with Gasteiger partial charge in [-0.15, -0.1) is 0 Å². The zero-order valence-corrected chi connectivity index (χ0v) is 21.5. The van der Waals surface area contributed by atoms with Crippen molar-refractivity contribution in [1.29, 1.82) is 0 Å². The third-order valence-corrected chi connectivity index (χ3v) is 6.18. The Kier molecular flexibility index (Phi) is 9.56. The van der Waals surface area contributed by atoms with Crippen molar-refractivity contribution < 1.29 is 0 Å². The van der Waals surface area contributed by atoms with Crippen LogP contribution in [0.2, 0.25) is 0 Å². The van der Waals surface area contributed by atoms with E-state index in [0.29, 0.717) is 0 Å². The van der Waals surface area contributed by atoms with Gasteiger partial charge in [-0.25, -0.2) is 0 Å². The second kappa shape index (κ2) is 11.2. The minimum atomic E-state index is 1.36. The smallest absolute Gasteiger partial charge is 0.0178 e. The third-order valence-electron chi connectivity index (χ3n) is 6.18. The molecule has 0 aliphatic carbocycles. The van der Waals surface area contributed by atoms with E-state index >= 15 is 0 Å². The molecule has 0 aromatic heterocycles. The fourth-order valence-electron chi connectivity index (χ4n) is 2.91. The lowest BCUT2D eigenvalue weighted by Gasteiger charge is -2.07. The first-order valence-electron chi connectivity index (χ1n) is 11.0. The molecule has 3 rings (SSSR count). The fraction of sp³-hybridized carbons (Fsp3) is 0.400. The van der Waals surface area contributed by atoms with Crippen molar-refractivity contribution in [2.45, 2.75) is 83.1 Å². The Morgan fingerprint density at radius 3 is 0.667 bits per heavy atom. The Morgan fingerprint density at radius 1 is 0.333 bits per heavy atom. The van der Waals surface area contributed by atoms with E-state index in [1.807, 2.05) is 0 Å². The maximum Gasteiger partial charge on any atom is -0.0178 e. The molecule has 3 aromatic carbocycles. The lowest BCUT2D eigenvalue weighted by Crippen LogP contribution is -1.86. The molecule has 0 amide bonds. The number of rotatable bonds is 0. The molecule has 0 fully saturated rings. The highest BCUT2D eigenvalue weighted by Gasteiger charge is 2.00. The lowest BCUT2D eigenvalue weighted by atomic mass is 9.98. The van der Waals surface area contributed by atoms with Crippen LogP contribution in [0.1, 0.15) is 72.2 Å². The molecular formula is C30H42. The molecule has 0 aliphatic heterocycles. The molecule has 0 unspecified atom stereocenters. The lowest BCUT2D eigenvalue weighted by molar-refractivity contribution is 1.23. The summed E-state index contributed by atoms with van der Waals surface area (Å²) in [5.74, 6) is 0. The molecule has 0 heteroatoms. The summed E-state index contributed by atoms with van der Waals surface area (Å²) >= 11 is 0. The number of hydrogen-bond donors (Lipinski definition) is 0. The summed E-state index contributed by atoms with van der Waals surface area (Å²) < 4.78 is 0. The zero-order chi connectivity index (χ0) is 23.2. The average molecular weight is 403 g/mol. The first-order valence-corrected chi connectivity index (χ1v) is 11.0. The van der Waals surface area contributed by atoms with Crippen molar-refractivity contribution in [1.82, 2.24) is 0 Å². The van der Waals surface area contributed by atoms with Gasteiger partial charge in [0.05, 0.1) is 0 Å². The highest BCUT2D eigenvalue weighted by molar-refractivity contribution is 5.85. The van der Waals surface area contributed by atoms with Gasteiger partial charge in [-0.2, -0.15) is 0 Å². The van der Waals surface area contributed by atoms with Crippen LogP contribution in [-0.2, 0) is 0 Å². The Balaban J connectivity index is 0.000000247. The van der Waals surface area contributed by atoms with E-state index in [1.54, 1.807) is 0 Å². The van der Waals surface area contributed by atoms with Crippen molar-refractivity contribution in [3.63, 3.8) is 0 Å². The predicted molar refractivity (Wildman–Crippen MR) is 138 cm³/mol. The number of allylic oxidation sites excluding steroid dienone is 2. The molecule has 0 atom stereocenters. The standard InChI is InChI=1S/C14H16.C10H14.C6H12/c1-9-5-13-7-11(3)12(4)8-14(13)6-10(9)2;1-7-5-9(3)10(4)6-8(7)2;1-5(2)6(3)4/h5-8H,1-4H3;5-6H,1-4H3;1-4H3. The van der Waals surface area contributed by atoms with E-state index in [4.69, 9.17) is 0 Å². The summed E-state index contributed by atoms with van der Waals surface area (Å²) in [7, 11) is 0. The highest BCUT2D eigenvalue weighted by atomic mass is 14.1. The van der Waals surface area contributed by atoms with Crippen LogP contribution in [0.25, 0.3) is 10.8 Å². The summed E-state index contributed by atoms with van der Waals surface area (Å²) in [5, 5.41) is 2.72. The van der Waals surface area contributed by atoms with Gasteiger partial charge >= 0.3 is 0 Å². The van der Waals surface area contributed by atoms with E-state index in [0.717, 1.165) is 0 Å². The average Bonchev–Trinajstić information content (AvgIpc) is 2.64. The molecular weight excluding hydrogens is 360 g/mol. The predicted octanol–water partition coefficient (Wildman–Crippen LogP) is 9.36. The summed E-state index contributed by atoms with van der Waals surface area (Å²) in [5.41, 5.74) is 13.9. The molecule has 3 aromatic rings. The van der Waals surface area contributed by atoms with Gasteiger partial charge in [0.2, 0.25) is 0 Å². The van der Waals surface area contributed by atoms with Crippen LogP contribution in [0.4, 0.5) is 0 Å². The molecule has 0 saturated heterocycles. The van der Waals surface area contributed by atoms with Gasteiger partial charge in [0.25, 0.3) is 0 Å². The van der Waals surface area contributed by atoms with Gasteiger partial charge in [-0.05, 0) is 138 Å². The monoisotopic (exact) mass is 402 g/mol. The van der Waals surface area contributed by atoms with E-state index in [-0.39, 0.29) is 0 Å². The van der Waals surface area contributed by atoms with Gasteiger partial charge in [-0.1, -0.05) is 47.5 Å². The van der Waals surface area contributed by atoms with E-state index in [2.05, 4.69) is 119 Å². The second-order valence-corrected chi connectivity index (χ2v) is 9.24. The van der Waals surface area contributed by atoms with Crippen molar-refractivity contribution in [2.75, 3.05) is 0 Å². The maximum absolute atomic E-state index is 2.27. The normalized spacial score (nSPS) is 10.0. The van der Waals surface area contributed by atoms with Crippen LogP contribution >= 0.6 is 0 Å². The molecule has 0 radical (unpaired) electrons. The van der Waals surface area contributed by atoms with Crippen molar-refractivity contribution in [3.05, 3.63) is 92.1 Å². The van der Waals surface area contributed by atoms with Gasteiger partial charge < -0.3 is 0 Å². The Hall–Kier alpha value is -2.34. The molecule has 162 valence electrons. The minimum absolute atomic E-state index is 1.36. The number of benzene rings is 3. The van der Waals surface area contributed by atoms with Crippen LogP contribution < -0.4 is 0 Å². The third kappa shape index (κ3) is 7.48. The number of fused-ring (bicyclic) bond motifs is 1. The molecule has 0 N–H and O–H groups in total. The summed E-state index contributed by atoms with van der Waals surface area (Å²) in [4.78, 5) is 0. The largest absolute Gasteiger partial charge is 0.0778 e. The van der Waals surface area contributed by atoms with E-state index in [9.17, 15) is 0 Å². The van der Waals surface area contributed by atoms with Crippen LogP contribution in [0.5, 0.6) is 0 Å². The molecule has 0 saturated carbocycles. The molecule has 0 aliphatic rings. The highest BCUT2D eigenvalue weighted by Crippen LogP contribution is 2.22. The Bertz CT molecular complexity index is 888. The Morgan fingerprint density at radius 2 is 0.500 bits per heavy atom. The van der Waals surface area contributed by atoms with Gasteiger partial charge in [0, 0.05) is 0 Å². The topological polar surface area (TPSA) is 0 Å².